The van der Waals surface area contributed by atoms with E-state index in [1.165, 1.54) is 4.90 Å². The Balaban J connectivity index is 1.10. The van der Waals surface area contributed by atoms with E-state index >= 15 is 0 Å². The number of aliphatic hydroxyl groups excluding tert-OH is 1. The van der Waals surface area contributed by atoms with Crippen LogP contribution in [0.25, 0.3) is 6.08 Å². The van der Waals surface area contributed by atoms with Crippen molar-refractivity contribution in [3.05, 3.63) is 161 Å². The Hall–Kier alpha value is -5.39. The number of amides is 2. The predicted molar refractivity (Wildman–Crippen MR) is 214 cm³/mol. The molecule has 294 valence electrons. The molecule has 10 nitrogen and oxygen atoms in total. The Morgan fingerprint density at radius 2 is 1.60 bits per heavy atom. The first kappa shape index (κ1) is 38.5. The van der Waals surface area contributed by atoms with Gasteiger partial charge in [-0.25, -0.2) is 4.79 Å². The monoisotopic (exact) mass is 768 g/mol. The first-order chi connectivity index (χ1) is 27.8. The molecule has 8 rings (SSSR count). The standard InChI is InChI=1S/C47H48N2O8/c1-49(38(44(51)48-24-25-50)27-31-12-5-2-6-13-31)45(52)35-29-41(55-46(53)34-15-11-14-32(26-34)20-21-33-22-23-39-40(28-33)54-39)43-42(30-35)56-47(57-43,36-16-7-3-8-17-36)37-18-9-4-10-19-37/h2-21,26,30,33,38-43,50H,22-25,27-29H2,1H3,(H,48,51). The van der Waals surface area contributed by atoms with Crippen LogP contribution in [0.2, 0.25) is 0 Å². The zero-order valence-corrected chi connectivity index (χ0v) is 31.9. The predicted octanol–water partition coefficient (Wildman–Crippen LogP) is 5.99. The maximum Gasteiger partial charge on any atom is 0.338 e. The van der Waals surface area contributed by atoms with Crippen molar-refractivity contribution in [1.82, 2.24) is 10.2 Å². The van der Waals surface area contributed by atoms with Crippen molar-refractivity contribution in [1.29, 1.82) is 0 Å². The van der Waals surface area contributed by atoms with Gasteiger partial charge >= 0.3 is 5.97 Å². The van der Waals surface area contributed by atoms with Crippen molar-refractivity contribution in [3.8, 4) is 0 Å². The molecule has 2 aliphatic heterocycles. The summed E-state index contributed by atoms with van der Waals surface area (Å²) in [6.07, 6.45) is 7.81. The van der Waals surface area contributed by atoms with Crippen molar-refractivity contribution in [3.63, 3.8) is 0 Å². The molecular weight excluding hydrogens is 721 g/mol. The molecule has 3 fully saturated rings. The number of likely N-dealkylation sites (N-methyl/N-ethyl adjacent to an activating group) is 1. The van der Waals surface area contributed by atoms with Crippen LogP contribution in [-0.2, 0) is 40.7 Å². The van der Waals surface area contributed by atoms with Gasteiger partial charge in [0, 0.05) is 43.1 Å². The molecule has 10 heteroatoms. The summed E-state index contributed by atoms with van der Waals surface area (Å²) >= 11 is 0. The van der Waals surface area contributed by atoms with E-state index in [0.29, 0.717) is 29.3 Å². The zero-order valence-electron chi connectivity index (χ0n) is 31.9. The zero-order chi connectivity index (χ0) is 39.4. The van der Waals surface area contributed by atoms with Crippen molar-refractivity contribution in [2.45, 2.75) is 74.5 Å². The van der Waals surface area contributed by atoms with Crippen molar-refractivity contribution in [2.24, 2.45) is 5.92 Å². The molecule has 4 aliphatic rings. The molecule has 57 heavy (non-hydrogen) atoms. The number of hydrogen-bond donors (Lipinski definition) is 2. The molecular formula is C47H48N2O8. The van der Waals surface area contributed by atoms with Gasteiger partial charge in [0.15, 0.2) is 0 Å². The van der Waals surface area contributed by atoms with Gasteiger partial charge in [-0.05, 0) is 54.5 Å². The number of rotatable bonds is 13. The first-order valence-electron chi connectivity index (χ1n) is 19.8. The Kier molecular flexibility index (Phi) is 11.5. The number of allylic oxidation sites excluding steroid dienone is 1. The highest BCUT2D eigenvalue weighted by Crippen LogP contribution is 2.47. The van der Waals surface area contributed by atoms with E-state index in [0.717, 1.165) is 41.5 Å². The lowest BCUT2D eigenvalue weighted by molar-refractivity contribution is -0.157. The molecule has 7 unspecified atom stereocenters. The van der Waals surface area contributed by atoms with Gasteiger partial charge in [-0.1, -0.05) is 115 Å². The molecule has 7 atom stereocenters. The third kappa shape index (κ3) is 8.50. The summed E-state index contributed by atoms with van der Waals surface area (Å²) < 4.78 is 25.9. The fourth-order valence-electron chi connectivity index (χ4n) is 8.32. The van der Waals surface area contributed by atoms with E-state index in [4.69, 9.17) is 18.9 Å². The summed E-state index contributed by atoms with van der Waals surface area (Å²) in [5.74, 6) is -2.28. The SMILES string of the molecule is CN(C(=O)C1=CC2OC(c3ccccc3)(c3ccccc3)OC2C(OC(=O)c2cccc(C=CC3CCC4OC4C3)c2)C1)C(Cc1ccccc1)C(=O)NCCO. The van der Waals surface area contributed by atoms with Gasteiger partial charge in [-0.15, -0.1) is 0 Å². The minimum atomic E-state index is -1.36. The second-order valence-electron chi connectivity index (χ2n) is 15.3. The third-order valence-electron chi connectivity index (χ3n) is 11.4. The fourth-order valence-corrected chi connectivity index (χ4v) is 8.32. The number of fused-ring (bicyclic) bond motifs is 2. The van der Waals surface area contributed by atoms with E-state index in [-0.39, 0.29) is 26.0 Å². The van der Waals surface area contributed by atoms with Crippen molar-refractivity contribution >= 4 is 23.9 Å². The van der Waals surface area contributed by atoms with E-state index in [2.05, 4.69) is 17.5 Å². The number of nitrogens with zero attached hydrogens (tertiary/aromatic N) is 1. The number of hydrogen-bond acceptors (Lipinski definition) is 8. The quantitative estimate of drug-likeness (QED) is 0.126. The molecule has 0 spiro atoms. The number of nitrogens with one attached hydrogen (secondary N) is 1. The number of epoxide rings is 1. The first-order valence-corrected chi connectivity index (χ1v) is 19.8. The molecule has 0 aromatic heterocycles. The van der Waals surface area contributed by atoms with E-state index in [1.807, 2.05) is 109 Å². The summed E-state index contributed by atoms with van der Waals surface area (Å²) in [5.41, 5.74) is 3.96. The average Bonchev–Trinajstić information content (AvgIpc) is 3.93. The van der Waals surface area contributed by atoms with Crippen LogP contribution in [0.5, 0.6) is 0 Å². The van der Waals surface area contributed by atoms with Gasteiger partial charge in [0.2, 0.25) is 17.6 Å². The lowest BCUT2D eigenvalue weighted by atomic mass is 9.88. The van der Waals surface area contributed by atoms with Crippen molar-refractivity contribution < 1.29 is 38.4 Å². The van der Waals surface area contributed by atoms with Crippen LogP contribution in [0.15, 0.2) is 133 Å². The largest absolute Gasteiger partial charge is 0.456 e. The average molecular weight is 769 g/mol. The number of esters is 1. The highest BCUT2D eigenvalue weighted by molar-refractivity contribution is 5.97. The number of carbonyl (C=O) groups is 3. The van der Waals surface area contributed by atoms with Gasteiger partial charge in [0.25, 0.3) is 0 Å². The topological polar surface area (TPSA) is 127 Å². The Morgan fingerprint density at radius 3 is 2.28 bits per heavy atom. The normalized spacial score (nSPS) is 25.1. The lowest BCUT2D eigenvalue weighted by Gasteiger charge is -2.33. The highest BCUT2D eigenvalue weighted by Gasteiger charge is 2.55. The number of benzene rings is 4. The summed E-state index contributed by atoms with van der Waals surface area (Å²) in [5, 5.41) is 12.2. The van der Waals surface area contributed by atoms with Gasteiger partial charge < -0.3 is 34.3 Å². The van der Waals surface area contributed by atoms with Gasteiger partial charge in [-0.2, -0.15) is 0 Å². The molecule has 2 heterocycles. The smallest absolute Gasteiger partial charge is 0.338 e. The summed E-state index contributed by atoms with van der Waals surface area (Å²) in [7, 11) is 1.59. The van der Waals surface area contributed by atoms with Crippen LogP contribution in [-0.4, -0.2) is 84.6 Å². The Bertz CT molecular complexity index is 2070. The molecule has 0 radical (unpaired) electrons. The van der Waals surface area contributed by atoms with Crippen LogP contribution < -0.4 is 5.32 Å². The summed E-state index contributed by atoms with van der Waals surface area (Å²) in [6, 6.07) is 35.1. The van der Waals surface area contributed by atoms with Gasteiger partial charge in [0.05, 0.1) is 24.4 Å². The number of aliphatic hydroxyl groups is 1. The lowest BCUT2D eigenvalue weighted by Crippen LogP contribution is -2.51. The Labute approximate surface area is 333 Å². The fraction of sp³-hybridized carbons (Fsp3) is 0.340. The molecule has 4 aromatic carbocycles. The van der Waals surface area contributed by atoms with Crippen LogP contribution in [0.4, 0.5) is 0 Å². The molecule has 2 amide bonds. The highest BCUT2D eigenvalue weighted by atomic mass is 16.8. The summed E-state index contributed by atoms with van der Waals surface area (Å²) in [4.78, 5) is 43.5. The van der Waals surface area contributed by atoms with E-state index in [1.54, 1.807) is 19.2 Å². The minimum Gasteiger partial charge on any atom is -0.456 e. The van der Waals surface area contributed by atoms with Gasteiger partial charge in [0.1, 0.15) is 24.4 Å². The number of ether oxygens (including phenoxy) is 4. The van der Waals surface area contributed by atoms with E-state index in [9.17, 15) is 19.5 Å². The van der Waals surface area contributed by atoms with E-state index < -0.39 is 47.9 Å². The molecule has 0 bridgehead atoms. The maximum absolute atomic E-state index is 14.5. The second kappa shape index (κ2) is 17.0. The van der Waals surface area contributed by atoms with Gasteiger partial charge in [-0.3, -0.25) is 9.59 Å². The summed E-state index contributed by atoms with van der Waals surface area (Å²) in [6.45, 7) is -0.184. The van der Waals surface area contributed by atoms with Crippen LogP contribution in [0.3, 0.4) is 0 Å². The number of carbonyl (C=O) groups excluding carboxylic acids is 3. The molecule has 1 saturated carbocycles. The molecule has 2 N–H and O–H groups in total. The maximum atomic E-state index is 14.5. The third-order valence-corrected chi connectivity index (χ3v) is 11.4. The second-order valence-corrected chi connectivity index (χ2v) is 15.3. The van der Waals surface area contributed by atoms with Crippen LogP contribution in [0.1, 0.15) is 58.3 Å². The minimum absolute atomic E-state index is 0.0287. The van der Waals surface area contributed by atoms with Crippen LogP contribution >= 0.6 is 0 Å². The van der Waals surface area contributed by atoms with Crippen molar-refractivity contribution in [2.75, 3.05) is 20.2 Å². The molecule has 4 aromatic rings. The molecule has 2 aliphatic carbocycles. The van der Waals surface area contributed by atoms with Crippen LogP contribution in [0, 0.1) is 5.92 Å². The molecule has 2 saturated heterocycles. The Morgan fingerprint density at radius 1 is 0.895 bits per heavy atom.